The zero-order valence-corrected chi connectivity index (χ0v) is 18.2. The van der Waals surface area contributed by atoms with Gasteiger partial charge in [0.1, 0.15) is 5.82 Å². The van der Waals surface area contributed by atoms with Crippen molar-refractivity contribution in [1.82, 2.24) is 9.55 Å². The molecule has 31 heavy (non-hydrogen) atoms. The number of nitrogens with zero attached hydrogens (tertiary/aromatic N) is 2. The quantitative estimate of drug-likeness (QED) is 0.338. The van der Waals surface area contributed by atoms with E-state index in [1.807, 2.05) is 18.4 Å². The number of carbonyl (C=O) groups excluding carboxylic acids is 2. The van der Waals surface area contributed by atoms with Gasteiger partial charge in [-0.05, 0) is 49.4 Å². The third-order valence-electron chi connectivity index (χ3n) is 5.55. The number of esters is 1. The molecule has 160 valence electrons. The van der Waals surface area contributed by atoms with Gasteiger partial charge in [0.25, 0.3) is 5.56 Å². The second-order valence-electron chi connectivity index (χ2n) is 7.61. The Labute approximate surface area is 184 Å². The van der Waals surface area contributed by atoms with Gasteiger partial charge in [-0.3, -0.25) is 14.2 Å². The number of hydrogen-bond donors (Lipinski definition) is 0. The number of fused-ring (bicyclic) bond motifs is 2. The Morgan fingerprint density at radius 2 is 1.77 bits per heavy atom. The van der Waals surface area contributed by atoms with Crippen LogP contribution in [0.2, 0.25) is 0 Å². The fourth-order valence-electron chi connectivity index (χ4n) is 3.80. The minimum absolute atomic E-state index is 0.0642. The molecule has 0 atom stereocenters. The van der Waals surface area contributed by atoms with Crippen molar-refractivity contribution in [3.63, 3.8) is 0 Å². The summed E-state index contributed by atoms with van der Waals surface area (Å²) in [5.41, 5.74) is 1.20. The lowest BCUT2D eigenvalue weighted by atomic mass is 10.1. The highest BCUT2D eigenvalue weighted by atomic mass is 32.2. The van der Waals surface area contributed by atoms with Crippen LogP contribution in [0.5, 0.6) is 0 Å². The van der Waals surface area contributed by atoms with Crippen LogP contribution in [0.3, 0.4) is 0 Å². The zero-order valence-electron chi connectivity index (χ0n) is 17.4. The largest absolute Gasteiger partial charge is 0.454 e. The molecule has 0 bridgehead atoms. The predicted molar refractivity (Wildman–Crippen MR) is 121 cm³/mol. The van der Waals surface area contributed by atoms with Crippen LogP contribution in [-0.2, 0) is 17.7 Å². The number of hydrogen-bond acceptors (Lipinski definition) is 6. The van der Waals surface area contributed by atoms with Crippen molar-refractivity contribution in [3.8, 4) is 0 Å². The molecule has 2 aromatic carbocycles. The summed E-state index contributed by atoms with van der Waals surface area (Å²) in [5, 5.41) is 0.492. The lowest BCUT2D eigenvalue weighted by Crippen LogP contribution is -2.26. The molecule has 0 fully saturated rings. The molecule has 4 rings (SSSR count). The second kappa shape index (κ2) is 9.47. The topological polar surface area (TPSA) is 78.3 Å². The molecule has 3 aromatic rings. The van der Waals surface area contributed by atoms with E-state index in [0.717, 1.165) is 42.8 Å². The van der Waals surface area contributed by atoms with Crippen LogP contribution in [0.1, 0.15) is 52.2 Å². The second-order valence-corrected chi connectivity index (χ2v) is 8.49. The first kappa shape index (κ1) is 21.3. The number of benzene rings is 2. The summed E-state index contributed by atoms with van der Waals surface area (Å²) < 4.78 is 6.99. The predicted octanol–water partition coefficient (Wildman–Crippen LogP) is 4.27. The molecule has 0 unspecified atom stereocenters. The van der Waals surface area contributed by atoms with E-state index < -0.39 is 5.97 Å². The number of ether oxygens (including phenoxy) is 1. The summed E-state index contributed by atoms with van der Waals surface area (Å²) in [7, 11) is 0. The minimum atomic E-state index is -0.607. The van der Waals surface area contributed by atoms with Crippen molar-refractivity contribution >= 4 is 34.4 Å². The number of rotatable bonds is 5. The highest BCUT2D eigenvalue weighted by Crippen LogP contribution is 2.18. The Bertz CT molecular complexity index is 1180. The Balaban J connectivity index is 1.52. The van der Waals surface area contributed by atoms with Crippen molar-refractivity contribution in [2.45, 2.75) is 43.5 Å². The monoisotopic (exact) mass is 436 g/mol. The van der Waals surface area contributed by atoms with Crippen LogP contribution in [0.4, 0.5) is 0 Å². The molecule has 0 N–H and O–H groups in total. The van der Waals surface area contributed by atoms with E-state index in [2.05, 4.69) is 4.98 Å². The van der Waals surface area contributed by atoms with Crippen LogP contribution in [0.15, 0.2) is 52.2 Å². The van der Waals surface area contributed by atoms with Crippen LogP contribution < -0.4 is 5.56 Å². The number of aryl methyl sites for hydroxylation is 1. The maximum Gasteiger partial charge on any atom is 0.338 e. The average molecular weight is 437 g/mol. The first-order valence-electron chi connectivity index (χ1n) is 10.4. The fourth-order valence-corrected chi connectivity index (χ4v) is 4.20. The number of carbonyl (C=O) groups is 2. The standard InChI is InChI=1S/C24H24N2O4S/c1-31-18-10-7-16(8-11-18)21(27)15-30-24(29)17-9-12-19-20(14-17)25-22-6-4-2-3-5-13-26(22)23(19)28/h7-12,14H,2-6,13,15H2,1H3. The molecule has 0 saturated carbocycles. The van der Waals surface area contributed by atoms with E-state index >= 15 is 0 Å². The molecule has 6 nitrogen and oxygen atoms in total. The van der Waals surface area contributed by atoms with Crippen molar-refractivity contribution in [2.75, 3.05) is 12.9 Å². The smallest absolute Gasteiger partial charge is 0.338 e. The van der Waals surface area contributed by atoms with E-state index in [0.29, 0.717) is 23.0 Å². The fraction of sp³-hybridized carbons (Fsp3) is 0.333. The summed E-state index contributed by atoms with van der Waals surface area (Å²) in [6, 6.07) is 11.9. The lowest BCUT2D eigenvalue weighted by molar-refractivity contribution is 0.0475. The third kappa shape index (κ3) is 4.71. The maximum absolute atomic E-state index is 12.9. The molecule has 1 aromatic heterocycles. The molecular weight excluding hydrogens is 412 g/mol. The van der Waals surface area contributed by atoms with Gasteiger partial charge in [0, 0.05) is 23.4 Å². The van der Waals surface area contributed by atoms with Gasteiger partial charge < -0.3 is 4.74 Å². The van der Waals surface area contributed by atoms with Gasteiger partial charge in [0.15, 0.2) is 12.4 Å². The van der Waals surface area contributed by atoms with Gasteiger partial charge >= 0.3 is 5.97 Å². The third-order valence-corrected chi connectivity index (χ3v) is 6.29. The van der Waals surface area contributed by atoms with Gasteiger partial charge in [-0.2, -0.15) is 0 Å². The highest BCUT2D eigenvalue weighted by molar-refractivity contribution is 7.98. The van der Waals surface area contributed by atoms with Crippen LogP contribution in [-0.4, -0.2) is 34.2 Å². The molecule has 0 amide bonds. The first-order valence-corrected chi connectivity index (χ1v) is 11.7. The first-order chi connectivity index (χ1) is 15.1. The van der Waals surface area contributed by atoms with E-state index in [1.165, 1.54) is 0 Å². The summed E-state index contributed by atoms with van der Waals surface area (Å²) in [4.78, 5) is 43.4. The van der Waals surface area contributed by atoms with Gasteiger partial charge in [0.05, 0.1) is 16.5 Å². The number of aromatic nitrogens is 2. The molecule has 7 heteroatoms. The van der Waals surface area contributed by atoms with Gasteiger partial charge in [-0.1, -0.05) is 25.0 Å². The Kier molecular flexibility index (Phi) is 6.51. The molecule has 0 radical (unpaired) electrons. The summed E-state index contributed by atoms with van der Waals surface area (Å²) in [5.74, 6) is -0.101. The molecule has 1 aliphatic heterocycles. The summed E-state index contributed by atoms with van der Waals surface area (Å²) in [6.07, 6.45) is 6.94. The van der Waals surface area contributed by atoms with E-state index in [4.69, 9.17) is 4.74 Å². The van der Waals surface area contributed by atoms with Crippen molar-refractivity contribution in [3.05, 3.63) is 69.8 Å². The van der Waals surface area contributed by atoms with E-state index in [1.54, 1.807) is 46.7 Å². The Morgan fingerprint density at radius 1 is 1.03 bits per heavy atom. The van der Waals surface area contributed by atoms with E-state index in [-0.39, 0.29) is 23.5 Å². The Morgan fingerprint density at radius 3 is 2.55 bits per heavy atom. The number of ketones is 1. The van der Waals surface area contributed by atoms with Gasteiger partial charge in [0.2, 0.25) is 0 Å². The van der Waals surface area contributed by atoms with Gasteiger partial charge in [-0.15, -0.1) is 11.8 Å². The van der Waals surface area contributed by atoms with Gasteiger partial charge in [-0.25, -0.2) is 9.78 Å². The molecule has 1 aliphatic rings. The lowest BCUT2D eigenvalue weighted by Gasteiger charge is -2.16. The van der Waals surface area contributed by atoms with Crippen LogP contribution in [0.25, 0.3) is 10.9 Å². The van der Waals surface area contributed by atoms with Crippen molar-refractivity contribution < 1.29 is 14.3 Å². The van der Waals surface area contributed by atoms with Crippen molar-refractivity contribution in [1.29, 1.82) is 0 Å². The zero-order chi connectivity index (χ0) is 21.8. The highest BCUT2D eigenvalue weighted by Gasteiger charge is 2.16. The number of Topliss-reactive ketones (excluding diaryl/α,β-unsaturated/α-hetero) is 1. The molecular formula is C24H24N2O4S. The molecule has 2 heterocycles. The normalized spacial score (nSPS) is 13.8. The Hall–Kier alpha value is -2.93. The van der Waals surface area contributed by atoms with Crippen LogP contribution in [0, 0.1) is 0 Å². The molecule has 0 spiro atoms. The molecule has 0 aliphatic carbocycles. The summed E-state index contributed by atoms with van der Waals surface area (Å²) >= 11 is 1.59. The maximum atomic E-state index is 12.9. The molecule has 0 saturated heterocycles. The van der Waals surface area contributed by atoms with Crippen LogP contribution >= 0.6 is 11.8 Å². The average Bonchev–Trinajstić information content (AvgIpc) is 2.78. The minimum Gasteiger partial charge on any atom is -0.454 e. The SMILES string of the molecule is CSc1ccc(C(=O)COC(=O)c2ccc3c(=O)n4c(nc3c2)CCCCCC4)cc1. The number of thioether (sulfide) groups is 1. The van der Waals surface area contributed by atoms with E-state index in [9.17, 15) is 14.4 Å². The van der Waals surface area contributed by atoms with Crippen molar-refractivity contribution in [2.24, 2.45) is 0 Å². The summed E-state index contributed by atoms with van der Waals surface area (Å²) in [6.45, 7) is 0.344.